The van der Waals surface area contributed by atoms with Gasteiger partial charge in [0.1, 0.15) is 11.9 Å². The molecule has 0 aliphatic carbocycles. The molecular formula is C20H23ClF3N5O2. The number of aromatic nitrogens is 4. The van der Waals surface area contributed by atoms with E-state index in [-0.39, 0.29) is 35.3 Å². The average molecular weight is 458 g/mol. The van der Waals surface area contributed by atoms with E-state index in [1.807, 2.05) is 4.90 Å². The van der Waals surface area contributed by atoms with E-state index in [4.69, 9.17) is 11.6 Å². The van der Waals surface area contributed by atoms with Crippen LogP contribution < -0.4 is 5.69 Å². The minimum atomic E-state index is -4.52. The van der Waals surface area contributed by atoms with Gasteiger partial charge in [-0.25, -0.2) is 9.48 Å². The fourth-order valence-electron chi connectivity index (χ4n) is 4.27. The first kappa shape index (κ1) is 21.9. The van der Waals surface area contributed by atoms with Crippen molar-refractivity contribution in [3.63, 3.8) is 0 Å². The largest absolute Gasteiger partial charge is 0.417 e. The van der Waals surface area contributed by atoms with Gasteiger partial charge in [0.2, 0.25) is 5.91 Å². The van der Waals surface area contributed by atoms with Crippen molar-refractivity contribution in [2.24, 2.45) is 5.92 Å². The molecule has 0 bridgehead atoms. The van der Waals surface area contributed by atoms with Crippen molar-refractivity contribution in [2.75, 3.05) is 13.1 Å². The van der Waals surface area contributed by atoms with Crippen LogP contribution >= 0.6 is 11.6 Å². The molecule has 0 aromatic carbocycles. The van der Waals surface area contributed by atoms with E-state index in [2.05, 4.69) is 17.0 Å². The number of rotatable bonds is 4. The molecule has 31 heavy (non-hydrogen) atoms. The lowest BCUT2D eigenvalue weighted by molar-refractivity contribution is -0.138. The highest BCUT2D eigenvalue weighted by Crippen LogP contribution is 2.31. The quantitative estimate of drug-likeness (QED) is 0.707. The second-order valence-corrected chi connectivity index (χ2v) is 8.69. The first-order chi connectivity index (χ1) is 14.6. The third-order valence-electron chi connectivity index (χ3n) is 5.96. The third-order valence-corrected chi connectivity index (χ3v) is 6.28. The fourth-order valence-corrected chi connectivity index (χ4v) is 4.53. The van der Waals surface area contributed by atoms with E-state index in [0.29, 0.717) is 37.7 Å². The van der Waals surface area contributed by atoms with Gasteiger partial charge in [-0.1, -0.05) is 18.5 Å². The molecule has 2 aliphatic rings. The normalized spacial score (nSPS) is 21.4. The number of nitrogens with zero attached hydrogens (tertiary/aromatic N) is 5. The molecule has 1 amide bonds. The van der Waals surface area contributed by atoms with Crippen LogP contribution in [0.2, 0.25) is 5.02 Å². The number of hydrogen-bond acceptors (Lipinski definition) is 4. The molecule has 2 aromatic rings. The summed E-state index contributed by atoms with van der Waals surface area (Å²) in [6.07, 6.45) is -0.730. The van der Waals surface area contributed by atoms with E-state index in [9.17, 15) is 22.8 Å². The zero-order chi connectivity index (χ0) is 22.3. The molecule has 2 aromatic heterocycles. The van der Waals surface area contributed by atoms with Crippen LogP contribution in [0.3, 0.4) is 0 Å². The van der Waals surface area contributed by atoms with Gasteiger partial charge < -0.3 is 4.90 Å². The van der Waals surface area contributed by atoms with Crippen LogP contribution in [0.5, 0.6) is 0 Å². The number of aryl methyl sites for hydroxylation is 3. The van der Waals surface area contributed by atoms with Crippen molar-refractivity contribution in [1.82, 2.24) is 24.2 Å². The molecule has 0 spiro atoms. The van der Waals surface area contributed by atoms with Crippen molar-refractivity contribution < 1.29 is 18.0 Å². The first-order valence-corrected chi connectivity index (χ1v) is 10.7. The molecule has 0 radical (unpaired) electrons. The lowest BCUT2D eigenvalue weighted by Crippen LogP contribution is -2.41. The Labute approximate surface area is 181 Å². The third kappa shape index (κ3) is 4.35. The number of hydrogen-bond donors (Lipinski definition) is 0. The number of amides is 1. The molecular weight excluding hydrogens is 435 g/mol. The predicted octanol–water partition coefficient (Wildman–Crippen LogP) is 3.10. The Morgan fingerprint density at radius 3 is 2.74 bits per heavy atom. The van der Waals surface area contributed by atoms with Crippen LogP contribution in [-0.2, 0) is 30.4 Å². The van der Waals surface area contributed by atoms with Gasteiger partial charge in [-0.05, 0) is 31.2 Å². The smallest absolute Gasteiger partial charge is 0.341 e. The Morgan fingerprint density at radius 1 is 1.32 bits per heavy atom. The summed E-state index contributed by atoms with van der Waals surface area (Å²) in [5.41, 5.74) is -1.05. The molecule has 4 rings (SSSR count). The second kappa shape index (κ2) is 8.29. The Bertz CT molecular complexity index is 1050. The van der Waals surface area contributed by atoms with E-state index in [1.54, 1.807) is 0 Å². The van der Waals surface area contributed by atoms with Gasteiger partial charge in [0, 0.05) is 32.1 Å². The molecule has 168 valence electrons. The summed E-state index contributed by atoms with van der Waals surface area (Å²) in [5, 5.41) is 4.26. The van der Waals surface area contributed by atoms with E-state index < -0.39 is 17.8 Å². The first-order valence-electron chi connectivity index (χ1n) is 10.3. The van der Waals surface area contributed by atoms with Gasteiger partial charge in [0.25, 0.3) is 0 Å². The maximum Gasteiger partial charge on any atom is 0.417 e. The molecule has 1 fully saturated rings. The fraction of sp³-hybridized carbons (Fsp3) is 0.600. The van der Waals surface area contributed by atoms with Crippen molar-refractivity contribution in [3.05, 3.63) is 44.9 Å². The van der Waals surface area contributed by atoms with Crippen LogP contribution in [0.25, 0.3) is 0 Å². The van der Waals surface area contributed by atoms with Crippen LogP contribution in [-0.4, -0.2) is 43.2 Å². The number of likely N-dealkylation sites (tertiary alicyclic amines) is 1. The molecule has 1 saturated heterocycles. The van der Waals surface area contributed by atoms with Crippen LogP contribution in [0.4, 0.5) is 13.2 Å². The van der Waals surface area contributed by atoms with Crippen LogP contribution in [0, 0.1) is 5.92 Å². The maximum atomic E-state index is 13.0. The zero-order valence-electron chi connectivity index (χ0n) is 17.0. The monoisotopic (exact) mass is 457 g/mol. The number of carbonyl (C=O) groups is 1. The summed E-state index contributed by atoms with van der Waals surface area (Å²) in [5.74, 6) is 0.972. The maximum absolute atomic E-state index is 13.0. The van der Waals surface area contributed by atoms with Gasteiger partial charge in [-0.3, -0.25) is 14.3 Å². The lowest BCUT2D eigenvalue weighted by Gasteiger charge is -2.27. The molecule has 2 atom stereocenters. The van der Waals surface area contributed by atoms with E-state index >= 15 is 0 Å². The Hall–Kier alpha value is -2.36. The number of halogens is 4. The topological polar surface area (TPSA) is 73.0 Å². The Balaban J connectivity index is 1.52. The van der Waals surface area contributed by atoms with Crippen molar-refractivity contribution in [1.29, 1.82) is 0 Å². The summed E-state index contributed by atoms with van der Waals surface area (Å²) in [7, 11) is 0. The van der Waals surface area contributed by atoms with Crippen LogP contribution in [0.1, 0.15) is 49.3 Å². The average Bonchev–Trinajstić information content (AvgIpc) is 3.29. The SMILES string of the molecule is C[C@H]1CCN(C(=O)[C@@H]2CCCc3nn(CCc4ncc(C(F)(F)F)cc4Cl)c(=O)n32)C1. The molecule has 0 N–H and O–H groups in total. The van der Waals surface area contributed by atoms with Gasteiger partial charge in [-0.2, -0.15) is 18.3 Å². The van der Waals surface area contributed by atoms with Gasteiger partial charge >= 0.3 is 11.9 Å². The number of alkyl halides is 3. The van der Waals surface area contributed by atoms with E-state index in [1.165, 1.54) is 9.25 Å². The summed E-state index contributed by atoms with van der Waals surface area (Å²) < 4.78 is 41.1. The number of carbonyl (C=O) groups excluding carboxylic acids is 1. The van der Waals surface area contributed by atoms with Crippen molar-refractivity contribution >= 4 is 17.5 Å². The Morgan fingerprint density at radius 2 is 2.10 bits per heavy atom. The van der Waals surface area contributed by atoms with Gasteiger partial charge in [0.05, 0.1) is 22.8 Å². The molecule has 7 nitrogen and oxygen atoms in total. The van der Waals surface area contributed by atoms with Crippen molar-refractivity contribution in [2.45, 2.75) is 57.8 Å². The minimum Gasteiger partial charge on any atom is -0.341 e. The minimum absolute atomic E-state index is 0.0422. The lowest BCUT2D eigenvalue weighted by atomic mass is 10.0. The van der Waals surface area contributed by atoms with Gasteiger partial charge in [0.15, 0.2) is 0 Å². The highest BCUT2D eigenvalue weighted by atomic mass is 35.5. The molecule has 0 saturated carbocycles. The highest BCUT2D eigenvalue weighted by Gasteiger charge is 2.35. The van der Waals surface area contributed by atoms with Crippen molar-refractivity contribution in [3.8, 4) is 0 Å². The number of pyridine rings is 1. The highest BCUT2D eigenvalue weighted by molar-refractivity contribution is 6.31. The van der Waals surface area contributed by atoms with Crippen LogP contribution in [0.15, 0.2) is 17.1 Å². The van der Waals surface area contributed by atoms with E-state index in [0.717, 1.165) is 25.1 Å². The summed E-state index contributed by atoms with van der Waals surface area (Å²) >= 11 is 5.97. The molecule has 0 unspecified atom stereocenters. The van der Waals surface area contributed by atoms with Gasteiger partial charge in [-0.15, -0.1) is 0 Å². The molecule has 2 aliphatic heterocycles. The summed E-state index contributed by atoms with van der Waals surface area (Å²) in [6, 6.07) is 0.277. The second-order valence-electron chi connectivity index (χ2n) is 8.28. The molecule has 4 heterocycles. The zero-order valence-corrected chi connectivity index (χ0v) is 17.8. The summed E-state index contributed by atoms with van der Waals surface area (Å²) in [6.45, 7) is 3.61. The number of fused-ring (bicyclic) bond motifs is 1. The predicted molar refractivity (Wildman–Crippen MR) is 107 cm³/mol. The Kier molecular flexibility index (Phi) is 5.85. The standard InChI is InChI=1S/C20H23ClF3N5O2/c1-12-5-7-27(11-12)18(30)16-3-2-4-17-26-28(19(31)29(16)17)8-6-15-14(21)9-13(10-25-15)20(22,23)24/h9-10,12,16H,2-8,11H2,1H3/t12-,16-/m0/s1. The summed E-state index contributed by atoms with van der Waals surface area (Å²) in [4.78, 5) is 31.6. The molecule has 11 heteroatoms.